The van der Waals surface area contributed by atoms with Crippen LogP contribution in [0.4, 0.5) is 4.79 Å². The highest BCUT2D eigenvalue weighted by Crippen LogP contribution is 2.39. The molecule has 29 heavy (non-hydrogen) atoms. The van der Waals surface area contributed by atoms with Crippen LogP contribution in [0.5, 0.6) is 0 Å². The summed E-state index contributed by atoms with van der Waals surface area (Å²) in [7, 11) is 0. The van der Waals surface area contributed by atoms with E-state index in [0.717, 1.165) is 18.5 Å². The summed E-state index contributed by atoms with van der Waals surface area (Å²) in [4.78, 5) is 31.9. The average molecular weight is 424 g/mol. The van der Waals surface area contributed by atoms with Crippen molar-refractivity contribution in [1.82, 2.24) is 15.1 Å². The molecule has 0 aliphatic carbocycles. The first-order valence-corrected chi connectivity index (χ1v) is 11.5. The maximum atomic E-state index is 13.0. The van der Waals surface area contributed by atoms with Crippen LogP contribution in [0, 0.1) is 0 Å². The number of fused-ring (bicyclic) bond motifs is 1. The van der Waals surface area contributed by atoms with Gasteiger partial charge in [0.15, 0.2) is 0 Å². The Balaban J connectivity index is 1.36. The second-order valence-electron chi connectivity index (χ2n) is 7.38. The quantitative estimate of drug-likeness (QED) is 0.634. The molecule has 1 N–H and O–H groups in total. The van der Waals surface area contributed by atoms with Crippen LogP contribution in [-0.2, 0) is 17.6 Å². The van der Waals surface area contributed by atoms with Crippen LogP contribution >= 0.6 is 22.7 Å². The molecular formula is C22H21N3O2S2. The van der Waals surface area contributed by atoms with Crippen molar-refractivity contribution >= 4 is 34.6 Å². The molecule has 2 aromatic heterocycles. The summed E-state index contributed by atoms with van der Waals surface area (Å²) in [5, 5.41) is 7.09. The minimum atomic E-state index is -0.494. The topological polar surface area (TPSA) is 52.7 Å². The number of thiophene rings is 2. The number of urea groups is 1. The second-order valence-corrected chi connectivity index (χ2v) is 9.36. The van der Waals surface area contributed by atoms with Gasteiger partial charge in [0.05, 0.1) is 12.7 Å². The summed E-state index contributed by atoms with van der Waals surface area (Å²) in [6.45, 7) is 1.14. The van der Waals surface area contributed by atoms with Gasteiger partial charge >= 0.3 is 6.03 Å². The molecule has 0 saturated carbocycles. The molecule has 1 aromatic carbocycles. The number of benzene rings is 1. The van der Waals surface area contributed by atoms with E-state index in [1.54, 1.807) is 22.7 Å². The fourth-order valence-corrected chi connectivity index (χ4v) is 5.96. The zero-order valence-corrected chi connectivity index (χ0v) is 17.4. The lowest BCUT2D eigenvalue weighted by Gasteiger charge is -2.37. The number of nitrogens with one attached hydrogen (secondary N) is 1. The van der Waals surface area contributed by atoms with E-state index >= 15 is 0 Å². The maximum Gasteiger partial charge on any atom is 0.325 e. The van der Waals surface area contributed by atoms with Gasteiger partial charge in [-0.25, -0.2) is 9.69 Å². The summed E-state index contributed by atoms with van der Waals surface area (Å²) in [5.41, 5.74) is 2.35. The molecule has 2 aliphatic rings. The van der Waals surface area contributed by atoms with Crippen LogP contribution < -0.4 is 5.32 Å². The first-order valence-electron chi connectivity index (χ1n) is 9.70. The molecule has 3 amide bonds. The van der Waals surface area contributed by atoms with Crippen molar-refractivity contribution in [1.29, 1.82) is 0 Å². The monoisotopic (exact) mass is 423 g/mol. The molecule has 7 heteroatoms. The molecule has 2 aliphatic heterocycles. The molecule has 2 atom stereocenters. The number of hydrogen-bond donors (Lipinski definition) is 1. The molecule has 4 heterocycles. The lowest BCUT2D eigenvalue weighted by atomic mass is 9.99. The predicted octanol–water partition coefficient (Wildman–Crippen LogP) is 3.88. The van der Waals surface area contributed by atoms with E-state index in [2.05, 4.69) is 39.2 Å². The van der Waals surface area contributed by atoms with Gasteiger partial charge in [-0.3, -0.25) is 9.69 Å². The Kier molecular flexibility index (Phi) is 4.95. The van der Waals surface area contributed by atoms with Gasteiger partial charge in [0, 0.05) is 22.7 Å². The molecular weight excluding hydrogens is 402 g/mol. The molecule has 148 valence electrons. The van der Waals surface area contributed by atoms with E-state index in [0.29, 0.717) is 13.1 Å². The van der Waals surface area contributed by atoms with Crippen LogP contribution in [-0.4, -0.2) is 41.0 Å². The van der Waals surface area contributed by atoms with Gasteiger partial charge in [0.25, 0.3) is 5.91 Å². The fourth-order valence-electron chi connectivity index (χ4n) is 4.18. The minimum absolute atomic E-state index is 0.0961. The smallest absolute Gasteiger partial charge is 0.325 e. The van der Waals surface area contributed by atoms with Crippen molar-refractivity contribution in [3.05, 3.63) is 80.2 Å². The Hall–Kier alpha value is -2.48. The Morgan fingerprint density at radius 1 is 1.00 bits per heavy atom. The van der Waals surface area contributed by atoms with Crippen molar-refractivity contribution in [3.63, 3.8) is 0 Å². The zero-order valence-electron chi connectivity index (χ0n) is 15.8. The number of carbonyl (C=O) groups excluding carboxylic acids is 2. The third-order valence-corrected chi connectivity index (χ3v) is 7.51. The lowest BCUT2D eigenvalue weighted by Crippen LogP contribution is -2.46. The first kappa shape index (κ1) is 18.5. The number of carbonyl (C=O) groups is 2. The summed E-state index contributed by atoms with van der Waals surface area (Å²) < 4.78 is 0. The molecule has 2 unspecified atom stereocenters. The van der Waals surface area contributed by atoms with E-state index in [9.17, 15) is 9.59 Å². The fraction of sp³-hybridized carbons (Fsp3) is 0.273. The Morgan fingerprint density at radius 2 is 1.86 bits per heavy atom. The summed E-state index contributed by atoms with van der Waals surface area (Å²) >= 11 is 3.51. The third kappa shape index (κ3) is 3.50. The van der Waals surface area contributed by atoms with Crippen LogP contribution in [0.2, 0.25) is 0 Å². The highest BCUT2D eigenvalue weighted by molar-refractivity contribution is 7.10. The maximum absolute atomic E-state index is 13.0. The molecule has 0 spiro atoms. The van der Waals surface area contributed by atoms with E-state index in [1.165, 1.54) is 20.2 Å². The van der Waals surface area contributed by atoms with Crippen molar-refractivity contribution < 1.29 is 9.59 Å². The normalized spacial score (nSPS) is 22.0. The molecule has 0 radical (unpaired) electrons. The largest absolute Gasteiger partial charge is 0.325 e. The van der Waals surface area contributed by atoms with Gasteiger partial charge in [0.2, 0.25) is 0 Å². The molecule has 5 nitrogen and oxygen atoms in total. The number of nitrogens with zero attached hydrogens (tertiary/aromatic N) is 2. The summed E-state index contributed by atoms with van der Waals surface area (Å²) in [5.74, 6) is -0.139. The van der Waals surface area contributed by atoms with Gasteiger partial charge < -0.3 is 5.32 Å². The van der Waals surface area contributed by atoms with Crippen LogP contribution in [0.1, 0.15) is 26.9 Å². The zero-order chi connectivity index (χ0) is 19.8. The van der Waals surface area contributed by atoms with Crippen LogP contribution in [0.25, 0.3) is 0 Å². The summed E-state index contributed by atoms with van der Waals surface area (Å²) in [6.07, 6.45) is 1.47. The van der Waals surface area contributed by atoms with Gasteiger partial charge in [-0.1, -0.05) is 36.4 Å². The van der Waals surface area contributed by atoms with Crippen LogP contribution in [0.15, 0.2) is 59.3 Å². The van der Waals surface area contributed by atoms with Gasteiger partial charge in [-0.05, 0) is 40.4 Å². The molecule has 1 fully saturated rings. The van der Waals surface area contributed by atoms with E-state index < -0.39 is 6.04 Å². The number of hydrogen-bond acceptors (Lipinski definition) is 5. The molecule has 5 rings (SSSR count). The van der Waals surface area contributed by atoms with Crippen LogP contribution in [0.3, 0.4) is 0 Å². The van der Waals surface area contributed by atoms with Crippen molar-refractivity contribution in [3.8, 4) is 0 Å². The van der Waals surface area contributed by atoms with E-state index in [-0.39, 0.29) is 18.0 Å². The van der Waals surface area contributed by atoms with Crippen molar-refractivity contribution in [2.24, 2.45) is 0 Å². The Bertz CT molecular complexity index is 1020. The van der Waals surface area contributed by atoms with E-state index in [4.69, 9.17) is 0 Å². The second kappa shape index (κ2) is 7.74. The standard InChI is InChI=1S/C22H21N3O2S2/c26-21-17(13-15-5-2-1-3-6-15)23-22(27)25(21)14-24-10-8-18-16(9-12-29-18)20(24)19-7-4-11-28-19/h1-7,9,11-12,17,20H,8,10,13-14H2,(H,23,27). The van der Waals surface area contributed by atoms with Gasteiger partial charge in [0.1, 0.15) is 6.04 Å². The molecule has 3 aromatic rings. The van der Waals surface area contributed by atoms with Gasteiger partial charge in [-0.15, -0.1) is 22.7 Å². The number of rotatable bonds is 5. The third-order valence-electron chi connectivity index (χ3n) is 5.59. The van der Waals surface area contributed by atoms with E-state index in [1.807, 2.05) is 30.3 Å². The Labute approximate surface area is 177 Å². The summed E-state index contributed by atoms with van der Waals surface area (Å²) in [6, 6.07) is 15.5. The van der Waals surface area contributed by atoms with Gasteiger partial charge in [-0.2, -0.15) is 0 Å². The molecule has 1 saturated heterocycles. The van der Waals surface area contributed by atoms with Crippen molar-refractivity contribution in [2.75, 3.05) is 13.2 Å². The predicted molar refractivity (Wildman–Crippen MR) is 115 cm³/mol. The first-order chi connectivity index (χ1) is 14.2. The minimum Gasteiger partial charge on any atom is -0.325 e. The number of amides is 3. The highest BCUT2D eigenvalue weighted by Gasteiger charge is 2.41. The highest BCUT2D eigenvalue weighted by atomic mass is 32.1. The lowest BCUT2D eigenvalue weighted by molar-refractivity contribution is -0.129. The average Bonchev–Trinajstić information content (AvgIpc) is 3.47. The van der Waals surface area contributed by atoms with Crippen molar-refractivity contribution in [2.45, 2.75) is 24.9 Å². The SMILES string of the molecule is O=C1NC(Cc2ccccc2)C(=O)N1CN1CCc2sccc2C1c1cccs1. The molecule has 0 bridgehead atoms. The Morgan fingerprint density at radius 3 is 2.66 bits per heavy atom. The number of imide groups is 1.